The number of ether oxygens (including phenoxy) is 1. The molecule has 0 saturated carbocycles. The van der Waals surface area contributed by atoms with E-state index in [1.165, 1.54) is 23.5 Å². The smallest absolute Gasteiger partial charge is 0.348 e. The van der Waals surface area contributed by atoms with E-state index in [2.05, 4.69) is 10.9 Å². The highest BCUT2D eigenvalue weighted by Crippen LogP contribution is 2.15. The lowest BCUT2D eigenvalue weighted by Gasteiger charge is -2.07. The van der Waals surface area contributed by atoms with Gasteiger partial charge in [-0.25, -0.2) is 4.79 Å². The molecule has 0 aliphatic carbocycles. The Labute approximate surface area is 141 Å². The highest BCUT2D eigenvalue weighted by molar-refractivity contribution is 7.13. The van der Waals surface area contributed by atoms with Crippen LogP contribution in [0, 0.1) is 6.92 Å². The second-order valence-electron chi connectivity index (χ2n) is 4.50. The molecule has 1 aromatic carbocycles. The molecule has 2 rings (SSSR count). The van der Waals surface area contributed by atoms with Crippen molar-refractivity contribution in [2.45, 2.75) is 6.92 Å². The minimum Gasteiger partial charge on any atom is -0.451 e. The Hall–Kier alpha value is -2.38. The van der Waals surface area contributed by atoms with Crippen molar-refractivity contribution < 1.29 is 19.1 Å². The van der Waals surface area contributed by atoms with Crippen LogP contribution in [0.1, 0.15) is 24.9 Å². The molecule has 0 fully saturated rings. The Morgan fingerprint density at radius 1 is 1.09 bits per heavy atom. The largest absolute Gasteiger partial charge is 0.451 e. The molecule has 0 radical (unpaired) electrons. The minimum atomic E-state index is -0.644. The zero-order valence-corrected chi connectivity index (χ0v) is 13.7. The number of hydrazine groups is 1. The van der Waals surface area contributed by atoms with Gasteiger partial charge in [-0.1, -0.05) is 11.6 Å². The lowest BCUT2D eigenvalue weighted by atomic mass is 10.2. The molecule has 0 saturated heterocycles. The number of hydrogen-bond donors (Lipinski definition) is 2. The first-order valence-corrected chi connectivity index (χ1v) is 7.73. The van der Waals surface area contributed by atoms with Gasteiger partial charge < -0.3 is 4.74 Å². The number of rotatable bonds is 4. The van der Waals surface area contributed by atoms with Crippen LogP contribution in [0.15, 0.2) is 36.4 Å². The molecule has 1 heterocycles. The van der Waals surface area contributed by atoms with Gasteiger partial charge >= 0.3 is 5.97 Å². The minimum absolute atomic E-state index is 0.334. The number of carbonyl (C=O) groups excluding carboxylic acids is 3. The van der Waals surface area contributed by atoms with Crippen LogP contribution in [0.3, 0.4) is 0 Å². The molecule has 2 amide bonds. The van der Waals surface area contributed by atoms with Crippen molar-refractivity contribution in [3.63, 3.8) is 0 Å². The maximum atomic E-state index is 11.7. The number of esters is 1. The lowest BCUT2D eigenvalue weighted by Crippen LogP contribution is -2.43. The summed E-state index contributed by atoms with van der Waals surface area (Å²) in [6.07, 6.45) is 0. The number of thiophene rings is 1. The zero-order chi connectivity index (χ0) is 16.8. The average molecular weight is 353 g/mol. The molecule has 1 aromatic heterocycles. The second kappa shape index (κ2) is 7.75. The third-order valence-electron chi connectivity index (χ3n) is 2.70. The molecule has 0 unspecified atom stereocenters. The van der Waals surface area contributed by atoms with Gasteiger partial charge in [0.2, 0.25) is 0 Å². The summed E-state index contributed by atoms with van der Waals surface area (Å²) < 4.78 is 4.85. The quantitative estimate of drug-likeness (QED) is 0.653. The van der Waals surface area contributed by atoms with Crippen molar-refractivity contribution in [3.8, 4) is 0 Å². The lowest BCUT2D eigenvalue weighted by molar-refractivity contribution is -0.125. The second-order valence-corrected chi connectivity index (χ2v) is 6.22. The van der Waals surface area contributed by atoms with E-state index in [-0.39, 0.29) is 0 Å². The van der Waals surface area contributed by atoms with E-state index in [1.807, 2.05) is 6.92 Å². The Kier molecular flexibility index (Phi) is 5.72. The van der Waals surface area contributed by atoms with E-state index < -0.39 is 24.4 Å². The molecule has 0 atom stereocenters. The molecular formula is C15H13ClN2O4S. The molecular weight excluding hydrogens is 340 g/mol. The van der Waals surface area contributed by atoms with Crippen LogP contribution in [0.4, 0.5) is 0 Å². The number of benzene rings is 1. The fourth-order valence-electron chi connectivity index (χ4n) is 1.58. The van der Waals surface area contributed by atoms with Crippen LogP contribution in [-0.4, -0.2) is 24.4 Å². The van der Waals surface area contributed by atoms with Gasteiger partial charge in [0.1, 0.15) is 4.88 Å². The standard InChI is InChI=1S/C15H13ClN2O4S/c1-9-2-7-12(23-9)15(21)22-8-13(19)17-18-14(20)10-3-5-11(16)6-4-10/h2-7H,8H2,1H3,(H,17,19)(H,18,20). The Bertz CT molecular complexity index is 727. The van der Waals surface area contributed by atoms with E-state index in [9.17, 15) is 14.4 Å². The van der Waals surface area contributed by atoms with Crippen molar-refractivity contribution in [1.29, 1.82) is 0 Å². The summed E-state index contributed by atoms with van der Waals surface area (Å²) in [5, 5.41) is 0.501. The van der Waals surface area contributed by atoms with E-state index in [0.717, 1.165) is 4.88 Å². The molecule has 6 nitrogen and oxygen atoms in total. The van der Waals surface area contributed by atoms with E-state index in [0.29, 0.717) is 15.5 Å². The van der Waals surface area contributed by atoms with E-state index in [1.54, 1.807) is 24.3 Å². The number of halogens is 1. The number of carbonyl (C=O) groups is 3. The van der Waals surface area contributed by atoms with Crippen LogP contribution in [0.5, 0.6) is 0 Å². The monoisotopic (exact) mass is 352 g/mol. The van der Waals surface area contributed by atoms with Crippen molar-refractivity contribution in [3.05, 3.63) is 56.7 Å². The maximum absolute atomic E-state index is 11.7. The van der Waals surface area contributed by atoms with Gasteiger partial charge in [-0.05, 0) is 43.3 Å². The predicted molar refractivity (Wildman–Crippen MR) is 86.4 cm³/mol. The summed E-state index contributed by atoms with van der Waals surface area (Å²) in [7, 11) is 0. The Morgan fingerprint density at radius 2 is 1.78 bits per heavy atom. The van der Waals surface area contributed by atoms with Crippen LogP contribution in [0.2, 0.25) is 5.02 Å². The van der Waals surface area contributed by atoms with Crippen molar-refractivity contribution in [2.24, 2.45) is 0 Å². The fourth-order valence-corrected chi connectivity index (χ4v) is 2.47. The van der Waals surface area contributed by atoms with Gasteiger partial charge in [-0.15, -0.1) is 11.3 Å². The summed E-state index contributed by atoms with van der Waals surface area (Å²) in [6.45, 7) is 1.37. The van der Waals surface area contributed by atoms with Crippen LogP contribution in [0.25, 0.3) is 0 Å². The predicted octanol–water partition coefficient (Wildman–Crippen LogP) is 2.33. The molecule has 120 valence electrons. The van der Waals surface area contributed by atoms with E-state index >= 15 is 0 Å². The summed E-state index contributed by atoms with van der Waals surface area (Å²) in [5.41, 5.74) is 4.71. The number of amides is 2. The highest BCUT2D eigenvalue weighted by atomic mass is 35.5. The van der Waals surface area contributed by atoms with Gasteiger partial charge in [-0.2, -0.15) is 0 Å². The number of nitrogens with one attached hydrogen (secondary N) is 2. The fraction of sp³-hybridized carbons (Fsp3) is 0.133. The van der Waals surface area contributed by atoms with Crippen LogP contribution >= 0.6 is 22.9 Å². The first kappa shape index (κ1) is 17.0. The van der Waals surface area contributed by atoms with Crippen molar-refractivity contribution in [2.75, 3.05) is 6.61 Å². The van der Waals surface area contributed by atoms with Crippen LogP contribution < -0.4 is 10.9 Å². The first-order chi connectivity index (χ1) is 11.0. The van der Waals surface area contributed by atoms with Crippen molar-refractivity contribution in [1.82, 2.24) is 10.9 Å². The maximum Gasteiger partial charge on any atom is 0.348 e. The summed E-state index contributed by atoms with van der Waals surface area (Å²) in [4.78, 5) is 36.3. The molecule has 8 heteroatoms. The molecule has 2 aromatic rings. The van der Waals surface area contributed by atoms with E-state index in [4.69, 9.17) is 16.3 Å². The van der Waals surface area contributed by atoms with Gasteiger partial charge in [0.15, 0.2) is 6.61 Å². The third-order valence-corrected chi connectivity index (χ3v) is 3.93. The molecule has 0 aliphatic heterocycles. The third kappa shape index (κ3) is 5.08. The molecule has 0 spiro atoms. The SMILES string of the molecule is Cc1ccc(C(=O)OCC(=O)NNC(=O)c2ccc(Cl)cc2)s1. The summed E-state index contributed by atoms with van der Waals surface area (Å²) in [5.74, 6) is -1.73. The Balaban J connectivity index is 1.75. The number of hydrogen-bond acceptors (Lipinski definition) is 5. The van der Waals surface area contributed by atoms with Gasteiger partial charge in [0.25, 0.3) is 11.8 Å². The highest BCUT2D eigenvalue weighted by Gasteiger charge is 2.13. The van der Waals surface area contributed by atoms with Gasteiger partial charge in [0, 0.05) is 15.5 Å². The first-order valence-electron chi connectivity index (χ1n) is 6.54. The molecule has 0 aliphatic rings. The van der Waals surface area contributed by atoms with Crippen molar-refractivity contribution >= 4 is 40.7 Å². The molecule has 23 heavy (non-hydrogen) atoms. The Morgan fingerprint density at radius 3 is 2.39 bits per heavy atom. The van der Waals surface area contributed by atoms with Gasteiger partial charge in [0.05, 0.1) is 0 Å². The van der Waals surface area contributed by atoms with Gasteiger partial charge in [-0.3, -0.25) is 20.4 Å². The summed E-state index contributed by atoms with van der Waals surface area (Å²) >= 11 is 7.00. The topological polar surface area (TPSA) is 84.5 Å². The number of aryl methyl sites for hydroxylation is 1. The normalized spacial score (nSPS) is 10.0. The molecule has 2 N–H and O–H groups in total. The molecule has 0 bridgehead atoms. The van der Waals surface area contributed by atoms with Crippen LogP contribution in [-0.2, 0) is 9.53 Å². The average Bonchev–Trinajstić information content (AvgIpc) is 2.97. The summed E-state index contributed by atoms with van der Waals surface area (Å²) in [6, 6.07) is 9.56. The zero-order valence-electron chi connectivity index (χ0n) is 12.1.